The van der Waals surface area contributed by atoms with Crippen LogP contribution in [0.4, 0.5) is 0 Å². The molecule has 8 rings (SSSR count). The summed E-state index contributed by atoms with van der Waals surface area (Å²) in [7, 11) is 0. The van der Waals surface area contributed by atoms with Gasteiger partial charge in [0.25, 0.3) is 0 Å². The Morgan fingerprint density at radius 1 is 0.643 bits per heavy atom. The van der Waals surface area contributed by atoms with E-state index in [-0.39, 0.29) is 41.8 Å². The van der Waals surface area contributed by atoms with Gasteiger partial charge in [0, 0.05) is 35.5 Å². The molecule has 16 heteroatoms. The minimum Gasteiger partial charge on any atom is -0.504 e. The van der Waals surface area contributed by atoms with Crippen LogP contribution in [0.1, 0.15) is 107 Å². The zero-order valence-electron chi connectivity index (χ0n) is 34.4. The summed E-state index contributed by atoms with van der Waals surface area (Å²) in [4.78, 5) is 29.2. The Kier molecular flexibility index (Phi) is 12.0. The topological polar surface area (TPSA) is 167 Å². The normalized spacial score (nSPS) is 51.2. The van der Waals surface area contributed by atoms with E-state index in [9.17, 15) is 19.8 Å². The first-order chi connectivity index (χ1) is 25.9. The van der Waals surface area contributed by atoms with Gasteiger partial charge in [-0.15, -0.1) is 0 Å². The van der Waals surface area contributed by atoms with Gasteiger partial charge in [0.05, 0.1) is 48.8 Å². The Balaban J connectivity index is 0.00000480. The molecule has 2 N–H and O–H groups in total. The summed E-state index contributed by atoms with van der Waals surface area (Å²) in [6.07, 6.45) is 2.49. The molecule has 16 unspecified atom stereocenters. The first kappa shape index (κ1) is 43.2. The fourth-order valence-electron chi connectivity index (χ4n) is 10.1. The molecule has 8 aliphatic heterocycles. The predicted molar refractivity (Wildman–Crippen MR) is 194 cm³/mol. The van der Waals surface area contributed by atoms with E-state index in [0.29, 0.717) is 51.4 Å². The number of carbonyl (C=O) groups excluding carboxylic acids is 2. The van der Waals surface area contributed by atoms with Gasteiger partial charge in [-0.2, -0.15) is 0 Å². The maximum Gasteiger partial charge on any atom is 1.00 e. The van der Waals surface area contributed by atoms with E-state index in [2.05, 4.69) is 0 Å². The van der Waals surface area contributed by atoms with Crippen LogP contribution in [0.25, 0.3) is 0 Å². The fraction of sp³-hybridized carbons (Fsp3) is 0.850. The maximum atomic E-state index is 14.6. The summed E-state index contributed by atoms with van der Waals surface area (Å²) >= 11 is 0. The molecule has 6 fully saturated rings. The van der Waals surface area contributed by atoms with Gasteiger partial charge in [0.15, 0.2) is 23.8 Å². The van der Waals surface area contributed by atoms with E-state index in [1.807, 2.05) is 79.7 Å². The number of esters is 2. The second-order valence-electron chi connectivity index (χ2n) is 18.6. The Hall–Kier alpha value is -0.915. The first-order valence-corrected chi connectivity index (χ1v) is 20.5. The summed E-state index contributed by atoms with van der Waals surface area (Å²) in [5.41, 5.74) is -1.64. The Morgan fingerprint density at radius 2 is 1.04 bits per heavy atom. The molecular formula is C40H60BNaO14. The van der Waals surface area contributed by atoms with Crippen molar-refractivity contribution in [2.75, 3.05) is 0 Å². The molecule has 8 aliphatic rings. The molecule has 308 valence electrons. The molecule has 56 heavy (non-hydrogen) atoms. The van der Waals surface area contributed by atoms with Crippen molar-refractivity contribution in [2.45, 2.75) is 192 Å². The standard InChI is InChI=1S/C40H60BO14.Na/c1-21-15-17-31-37(5,6)29(42)13-9-11-26-20-28(24(4)47-26)49-36(45)34-40-22(2)16-18-32(51-40)38(7,8)30(43)14-10-12-25-19-27(23(3)46-25)48-35(44)33-39(21,50-31)54-41(52-33,53-34)55-40;/h9-12,21-34,42-43H,13-20H2,1-8H3;/q-1;+1. The number of carbonyl (C=O) groups is 2. The largest absolute Gasteiger partial charge is 1.00 e. The van der Waals surface area contributed by atoms with Crippen LogP contribution >= 0.6 is 0 Å². The molecule has 0 radical (unpaired) electrons. The number of ether oxygens (including phenoxy) is 6. The van der Waals surface area contributed by atoms with Gasteiger partial charge in [-0.1, -0.05) is 65.8 Å². The van der Waals surface area contributed by atoms with Gasteiger partial charge < -0.3 is 57.3 Å². The number of aliphatic hydroxyl groups excluding tert-OH is 2. The number of hydrogen-bond donors (Lipinski definition) is 2. The van der Waals surface area contributed by atoms with Crippen LogP contribution in [0.5, 0.6) is 0 Å². The SMILES string of the molecule is CC1OC2C=CCC(O)C(C)(C)C3CCC(C)C4(O3)O[B-]35OC(C(=O)OC1C2)C1(OC(CCC1C)C(C)(C)C(O)CC=CC1CC(OC(=O)C4O3)C(C)O1)O5.[Na+]. The van der Waals surface area contributed by atoms with Crippen molar-refractivity contribution in [3.63, 3.8) is 0 Å². The van der Waals surface area contributed by atoms with Crippen molar-refractivity contribution in [1.82, 2.24) is 0 Å². The third-order valence-corrected chi connectivity index (χ3v) is 14.3. The van der Waals surface area contributed by atoms with Gasteiger partial charge in [-0.3, -0.25) is 0 Å². The van der Waals surface area contributed by atoms with Crippen molar-refractivity contribution >= 4 is 18.9 Å². The molecule has 14 nitrogen and oxygen atoms in total. The van der Waals surface area contributed by atoms with Crippen molar-refractivity contribution in [3.8, 4) is 0 Å². The summed E-state index contributed by atoms with van der Waals surface area (Å²) < 4.78 is 65.8. The number of fused-ring (bicyclic) bond motifs is 8. The molecule has 3 spiro atoms. The van der Waals surface area contributed by atoms with Crippen molar-refractivity contribution in [2.24, 2.45) is 22.7 Å². The minimum absolute atomic E-state index is 0. The Labute approximate surface area is 352 Å². The summed E-state index contributed by atoms with van der Waals surface area (Å²) in [5.74, 6) is -6.02. The molecule has 6 saturated heterocycles. The predicted octanol–water partition coefficient (Wildman–Crippen LogP) is 1.15. The second-order valence-corrected chi connectivity index (χ2v) is 18.6. The van der Waals surface area contributed by atoms with E-state index in [4.69, 9.17) is 47.0 Å². The van der Waals surface area contributed by atoms with E-state index in [1.165, 1.54) is 0 Å². The smallest absolute Gasteiger partial charge is 0.504 e. The Morgan fingerprint density at radius 3 is 1.43 bits per heavy atom. The molecule has 0 aromatic carbocycles. The zero-order valence-corrected chi connectivity index (χ0v) is 36.4. The molecule has 0 aromatic heterocycles. The summed E-state index contributed by atoms with van der Waals surface area (Å²) in [6, 6.07) is 0. The number of hydrogen-bond acceptors (Lipinski definition) is 14. The van der Waals surface area contributed by atoms with Crippen LogP contribution < -0.4 is 29.6 Å². The van der Waals surface area contributed by atoms with Gasteiger partial charge in [-0.25, -0.2) is 9.59 Å². The number of aliphatic hydroxyl groups is 2. The van der Waals surface area contributed by atoms with Crippen LogP contribution in [-0.2, 0) is 56.6 Å². The molecule has 8 heterocycles. The average molecular weight is 799 g/mol. The zero-order chi connectivity index (χ0) is 39.3. The molecule has 11 bridgehead atoms. The maximum absolute atomic E-state index is 14.6. The van der Waals surface area contributed by atoms with Gasteiger partial charge in [0.1, 0.15) is 12.2 Å². The van der Waals surface area contributed by atoms with Crippen LogP contribution in [0.15, 0.2) is 24.3 Å². The van der Waals surface area contributed by atoms with Gasteiger partial charge >= 0.3 is 48.5 Å². The van der Waals surface area contributed by atoms with Gasteiger partial charge in [-0.05, 0) is 52.4 Å². The summed E-state index contributed by atoms with van der Waals surface area (Å²) in [5, 5.41) is 23.3. The van der Waals surface area contributed by atoms with E-state index in [0.717, 1.165) is 0 Å². The quantitative estimate of drug-likeness (QED) is 0.204. The van der Waals surface area contributed by atoms with E-state index >= 15 is 0 Å². The minimum atomic E-state index is -3.42. The van der Waals surface area contributed by atoms with Crippen LogP contribution in [0, 0.1) is 22.7 Å². The van der Waals surface area contributed by atoms with E-state index < -0.39 is 114 Å². The molecule has 16 atom stereocenters. The summed E-state index contributed by atoms with van der Waals surface area (Å²) in [6.45, 7) is 11.8. The monoisotopic (exact) mass is 798 g/mol. The third kappa shape index (κ3) is 7.23. The first-order valence-electron chi connectivity index (χ1n) is 20.5. The van der Waals surface area contributed by atoms with Crippen molar-refractivity contribution in [1.29, 1.82) is 0 Å². The van der Waals surface area contributed by atoms with Crippen LogP contribution in [0.3, 0.4) is 0 Å². The molecule has 0 saturated carbocycles. The molecule has 0 aliphatic carbocycles. The van der Waals surface area contributed by atoms with Crippen LogP contribution in [0.2, 0.25) is 0 Å². The van der Waals surface area contributed by atoms with Gasteiger partial charge in [0.2, 0.25) is 0 Å². The van der Waals surface area contributed by atoms with Crippen LogP contribution in [-0.4, -0.2) is 114 Å². The Bertz CT molecular complexity index is 1450. The molecule has 0 aromatic rings. The number of rotatable bonds is 0. The van der Waals surface area contributed by atoms with Crippen molar-refractivity contribution in [3.05, 3.63) is 24.3 Å². The van der Waals surface area contributed by atoms with Crippen molar-refractivity contribution < 1.29 is 96.4 Å². The third-order valence-electron chi connectivity index (χ3n) is 14.3. The molecular weight excluding hydrogens is 738 g/mol. The van der Waals surface area contributed by atoms with E-state index in [1.54, 1.807) is 0 Å². The fourth-order valence-corrected chi connectivity index (χ4v) is 10.1. The average Bonchev–Trinajstić information content (AvgIpc) is 3.84. The second kappa shape index (κ2) is 15.5. The molecule has 0 amide bonds.